The van der Waals surface area contributed by atoms with Crippen LogP contribution in [-0.2, 0) is 19.6 Å². The number of rotatable bonds is 4. The first kappa shape index (κ1) is 17.1. The number of esters is 1. The lowest BCUT2D eigenvalue weighted by Crippen LogP contribution is -2.52. The fourth-order valence-electron chi connectivity index (χ4n) is 3.12. The van der Waals surface area contributed by atoms with Crippen LogP contribution in [0.1, 0.15) is 18.9 Å². The van der Waals surface area contributed by atoms with Gasteiger partial charge in [-0.2, -0.15) is 4.31 Å². The third kappa shape index (κ3) is 3.85. The van der Waals surface area contributed by atoms with Crippen LogP contribution in [0, 0.1) is 0 Å². The van der Waals surface area contributed by atoms with Gasteiger partial charge in [0.05, 0.1) is 0 Å². The highest BCUT2D eigenvalue weighted by molar-refractivity contribution is 7.92. The molecule has 2 aliphatic heterocycles. The molecule has 6 nitrogen and oxygen atoms in total. The van der Waals surface area contributed by atoms with Crippen LogP contribution in [0.2, 0.25) is 0 Å². The number of cyclic esters (lactones) is 1. The average Bonchev–Trinajstić information content (AvgIpc) is 2.93. The zero-order valence-electron chi connectivity index (χ0n) is 13.7. The van der Waals surface area contributed by atoms with Gasteiger partial charge in [0.15, 0.2) is 0 Å². The van der Waals surface area contributed by atoms with E-state index >= 15 is 0 Å². The average molecular weight is 350 g/mol. The van der Waals surface area contributed by atoms with Crippen molar-refractivity contribution in [2.24, 2.45) is 0 Å². The van der Waals surface area contributed by atoms with E-state index in [4.69, 9.17) is 4.74 Å². The van der Waals surface area contributed by atoms with Gasteiger partial charge in [-0.05, 0) is 18.6 Å². The van der Waals surface area contributed by atoms with E-state index in [1.54, 1.807) is 6.08 Å². The van der Waals surface area contributed by atoms with Crippen LogP contribution in [0.15, 0.2) is 35.7 Å². The van der Waals surface area contributed by atoms with Crippen LogP contribution in [0.5, 0.6) is 0 Å². The Labute approximate surface area is 142 Å². The molecule has 3 rings (SSSR count). The molecule has 1 aromatic rings. The number of hydrogen-bond donors (Lipinski definition) is 0. The van der Waals surface area contributed by atoms with Gasteiger partial charge in [-0.3, -0.25) is 9.69 Å². The summed E-state index contributed by atoms with van der Waals surface area (Å²) < 4.78 is 31.5. The molecule has 0 bridgehead atoms. The summed E-state index contributed by atoms with van der Waals surface area (Å²) in [6.07, 6.45) is 2.23. The molecule has 2 atom stereocenters. The van der Waals surface area contributed by atoms with Gasteiger partial charge in [-0.15, -0.1) is 0 Å². The van der Waals surface area contributed by atoms with Gasteiger partial charge in [0.25, 0.3) is 0 Å². The molecule has 0 aliphatic carbocycles. The minimum Gasteiger partial charge on any atom is -0.461 e. The molecule has 0 saturated carbocycles. The molecule has 2 saturated heterocycles. The van der Waals surface area contributed by atoms with Crippen molar-refractivity contribution in [3.8, 4) is 0 Å². The summed E-state index contributed by atoms with van der Waals surface area (Å²) in [5.41, 5.74) is 0.849. The lowest BCUT2D eigenvalue weighted by Gasteiger charge is -2.35. The standard InChI is InChI=1S/C17H22N2O4S/c1-14-13-16(17(20)23-14)18-8-10-19(11-9-18)24(21,22)12-7-15-5-3-2-4-6-15/h2-7,12,14,16H,8-11,13H2,1H3. The van der Waals surface area contributed by atoms with Crippen LogP contribution in [0.25, 0.3) is 6.08 Å². The smallest absolute Gasteiger partial charge is 0.323 e. The number of hydrogen-bond acceptors (Lipinski definition) is 5. The molecule has 0 amide bonds. The fourth-order valence-corrected chi connectivity index (χ4v) is 4.29. The highest BCUT2D eigenvalue weighted by Crippen LogP contribution is 2.22. The van der Waals surface area contributed by atoms with Crippen molar-refractivity contribution in [2.75, 3.05) is 26.2 Å². The summed E-state index contributed by atoms with van der Waals surface area (Å²) in [6, 6.07) is 9.11. The number of ether oxygens (including phenoxy) is 1. The first-order valence-electron chi connectivity index (χ1n) is 8.13. The molecule has 2 aliphatic rings. The molecular formula is C17H22N2O4S. The summed E-state index contributed by atoms with van der Waals surface area (Å²) in [6.45, 7) is 3.75. The SMILES string of the molecule is CC1CC(N2CCN(S(=O)(=O)C=Cc3ccccc3)CC2)C(=O)O1. The zero-order valence-corrected chi connectivity index (χ0v) is 14.5. The van der Waals surface area contributed by atoms with Gasteiger partial charge in [0, 0.05) is 38.0 Å². The van der Waals surface area contributed by atoms with Crippen molar-refractivity contribution >= 4 is 22.1 Å². The fraction of sp³-hybridized carbons (Fsp3) is 0.471. The molecule has 0 spiro atoms. The van der Waals surface area contributed by atoms with Gasteiger partial charge in [0.2, 0.25) is 10.0 Å². The molecule has 0 N–H and O–H groups in total. The van der Waals surface area contributed by atoms with Crippen molar-refractivity contribution in [2.45, 2.75) is 25.5 Å². The largest absolute Gasteiger partial charge is 0.461 e. The number of carbonyl (C=O) groups excluding carboxylic acids is 1. The van der Waals surface area contributed by atoms with Crippen molar-refractivity contribution in [3.63, 3.8) is 0 Å². The van der Waals surface area contributed by atoms with Gasteiger partial charge in [-0.1, -0.05) is 30.3 Å². The minimum atomic E-state index is -3.44. The summed E-state index contributed by atoms with van der Waals surface area (Å²) in [7, 11) is -3.44. The van der Waals surface area contributed by atoms with Gasteiger partial charge in [0.1, 0.15) is 12.1 Å². The lowest BCUT2D eigenvalue weighted by molar-refractivity contribution is -0.145. The molecule has 1 aromatic carbocycles. The Hall–Kier alpha value is -1.70. The predicted molar refractivity (Wildman–Crippen MR) is 91.5 cm³/mol. The molecule has 7 heteroatoms. The first-order valence-corrected chi connectivity index (χ1v) is 9.64. The van der Waals surface area contributed by atoms with E-state index in [1.165, 1.54) is 9.71 Å². The van der Waals surface area contributed by atoms with Gasteiger partial charge >= 0.3 is 5.97 Å². The van der Waals surface area contributed by atoms with Crippen LogP contribution in [-0.4, -0.2) is 61.9 Å². The maximum Gasteiger partial charge on any atom is 0.323 e. The number of benzene rings is 1. The zero-order chi connectivity index (χ0) is 17.2. The lowest BCUT2D eigenvalue weighted by atomic mass is 10.1. The molecule has 2 unspecified atom stereocenters. The number of sulfonamides is 1. The van der Waals surface area contributed by atoms with E-state index in [0.29, 0.717) is 32.6 Å². The van der Waals surface area contributed by atoms with E-state index in [-0.39, 0.29) is 18.1 Å². The summed E-state index contributed by atoms with van der Waals surface area (Å²) in [5.74, 6) is -0.192. The minimum absolute atomic E-state index is 0.0573. The second-order valence-electron chi connectivity index (χ2n) is 6.19. The Bertz CT molecular complexity index is 709. The van der Waals surface area contributed by atoms with Crippen LogP contribution in [0.3, 0.4) is 0 Å². The Balaban J connectivity index is 1.59. The van der Waals surface area contributed by atoms with Crippen molar-refractivity contribution in [1.29, 1.82) is 0 Å². The molecule has 24 heavy (non-hydrogen) atoms. The highest BCUT2D eigenvalue weighted by Gasteiger charge is 2.38. The quantitative estimate of drug-likeness (QED) is 0.766. The van der Waals surface area contributed by atoms with E-state index < -0.39 is 10.0 Å². The maximum absolute atomic E-state index is 12.4. The molecule has 0 radical (unpaired) electrons. The first-order chi connectivity index (χ1) is 11.5. The van der Waals surface area contributed by atoms with Crippen LogP contribution in [0.4, 0.5) is 0 Å². The van der Waals surface area contributed by atoms with Gasteiger partial charge in [-0.25, -0.2) is 8.42 Å². The second-order valence-corrected chi connectivity index (χ2v) is 8.01. The number of carbonyl (C=O) groups is 1. The van der Waals surface area contributed by atoms with E-state index in [1.807, 2.05) is 42.2 Å². The normalized spacial score (nSPS) is 26.8. The number of piperazine rings is 1. The highest BCUT2D eigenvalue weighted by atomic mass is 32.2. The van der Waals surface area contributed by atoms with Gasteiger partial charge < -0.3 is 4.74 Å². The van der Waals surface area contributed by atoms with Crippen LogP contribution < -0.4 is 0 Å². The third-order valence-electron chi connectivity index (χ3n) is 4.45. The molecule has 2 fully saturated rings. The Morgan fingerprint density at radius 1 is 1.12 bits per heavy atom. The van der Waals surface area contributed by atoms with Crippen molar-refractivity contribution in [3.05, 3.63) is 41.3 Å². The topological polar surface area (TPSA) is 66.9 Å². The molecule has 2 heterocycles. The molecular weight excluding hydrogens is 328 g/mol. The Kier molecular flexibility index (Phi) is 5.03. The van der Waals surface area contributed by atoms with E-state index in [2.05, 4.69) is 0 Å². The third-order valence-corrected chi connectivity index (χ3v) is 6.02. The Morgan fingerprint density at radius 2 is 1.79 bits per heavy atom. The van der Waals surface area contributed by atoms with Crippen LogP contribution >= 0.6 is 0 Å². The summed E-state index contributed by atoms with van der Waals surface area (Å²) >= 11 is 0. The summed E-state index contributed by atoms with van der Waals surface area (Å²) in [4.78, 5) is 13.8. The maximum atomic E-state index is 12.4. The molecule has 130 valence electrons. The van der Waals surface area contributed by atoms with Crippen molar-refractivity contribution in [1.82, 2.24) is 9.21 Å². The van der Waals surface area contributed by atoms with E-state index in [9.17, 15) is 13.2 Å². The molecule has 0 aromatic heterocycles. The monoisotopic (exact) mass is 350 g/mol. The van der Waals surface area contributed by atoms with E-state index in [0.717, 1.165) is 5.56 Å². The van der Waals surface area contributed by atoms with Crippen molar-refractivity contribution < 1.29 is 17.9 Å². The number of nitrogens with zero attached hydrogens (tertiary/aromatic N) is 2. The second kappa shape index (κ2) is 7.04. The Morgan fingerprint density at radius 3 is 2.38 bits per heavy atom. The summed E-state index contributed by atoms with van der Waals surface area (Å²) in [5, 5.41) is 1.25. The predicted octanol–water partition coefficient (Wildman–Crippen LogP) is 1.31.